The van der Waals surface area contributed by atoms with E-state index in [0.717, 1.165) is 12.1 Å². The molecule has 0 saturated carbocycles. The summed E-state index contributed by atoms with van der Waals surface area (Å²) in [5.41, 5.74) is 4.94. The predicted molar refractivity (Wildman–Crippen MR) is 83.5 cm³/mol. The van der Waals surface area contributed by atoms with Crippen LogP contribution in [0.25, 0.3) is 0 Å². The summed E-state index contributed by atoms with van der Waals surface area (Å²) < 4.78 is 0. The van der Waals surface area contributed by atoms with Gasteiger partial charge in [0.2, 0.25) is 0 Å². The molecule has 0 amide bonds. The number of hydrogen-bond donors (Lipinski definition) is 1. The molecule has 0 bridgehead atoms. The number of fused-ring (bicyclic) bond motifs is 1. The van der Waals surface area contributed by atoms with Crippen LogP contribution in [-0.2, 0) is 6.42 Å². The molecule has 3 rings (SSSR count). The number of hydrogen-bond acceptors (Lipinski definition) is 2. The lowest BCUT2D eigenvalue weighted by Gasteiger charge is -2.25. The first-order chi connectivity index (χ1) is 9.75. The Morgan fingerprint density at radius 3 is 2.50 bits per heavy atom. The fraction of sp³-hybridized carbons (Fsp3) is 0.333. The first-order valence-corrected chi connectivity index (χ1v) is 7.39. The van der Waals surface area contributed by atoms with E-state index >= 15 is 0 Å². The van der Waals surface area contributed by atoms with E-state index in [2.05, 4.69) is 41.3 Å². The first kappa shape index (κ1) is 13.2. The van der Waals surface area contributed by atoms with Crippen LogP contribution in [-0.4, -0.2) is 11.7 Å². The number of anilines is 2. The molecule has 104 valence electrons. The van der Waals surface area contributed by atoms with Crippen LogP contribution in [0, 0.1) is 0 Å². The summed E-state index contributed by atoms with van der Waals surface area (Å²) >= 11 is 0. The van der Waals surface area contributed by atoms with Gasteiger partial charge >= 0.3 is 0 Å². The molecule has 0 fully saturated rings. The van der Waals surface area contributed by atoms with Gasteiger partial charge in [0.25, 0.3) is 0 Å². The molecule has 0 aromatic heterocycles. The summed E-state index contributed by atoms with van der Waals surface area (Å²) in [6, 6.07) is 17.0. The Morgan fingerprint density at radius 1 is 1.00 bits per heavy atom. The molecular formula is C18H21NO. The van der Waals surface area contributed by atoms with E-state index in [0.29, 0.717) is 0 Å². The van der Waals surface area contributed by atoms with Crippen molar-refractivity contribution in [3.05, 3.63) is 59.7 Å². The Labute approximate surface area is 120 Å². The third kappa shape index (κ3) is 2.56. The van der Waals surface area contributed by atoms with Gasteiger partial charge < -0.3 is 10.0 Å². The zero-order chi connectivity index (χ0) is 13.9. The fourth-order valence-corrected chi connectivity index (χ4v) is 2.89. The van der Waals surface area contributed by atoms with Crippen molar-refractivity contribution in [1.29, 1.82) is 0 Å². The van der Waals surface area contributed by atoms with Gasteiger partial charge in [0.1, 0.15) is 0 Å². The van der Waals surface area contributed by atoms with Crippen LogP contribution in [0.5, 0.6) is 0 Å². The number of aliphatic hydroxyl groups excluding tert-OH is 1. The number of aryl methyl sites for hydroxylation is 1. The van der Waals surface area contributed by atoms with Gasteiger partial charge in [-0.3, -0.25) is 0 Å². The summed E-state index contributed by atoms with van der Waals surface area (Å²) in [7, 11) is 0. The molecule has 2 aromatic rings. The van der Waals surface area contributed by atoms with Crippen LogP contribution < -0.4 is 4.90 Å². The molecule has 1 aliphatic rings. The van der Waals surface area contributed by atoms with Crippen molar-refractivity contribution >= 4 is 11.4 Å². The summed E-state index contributed by atoms with van der Waals surface area (Å²) in [4.78, 5) is 2.40. The lowest BCUT2D eigenvalue weighted by molar-refractivity contribution is 0.199. The number of aliphatic hydroxyl groups is 1. The van der Waals surface area contributed by atoms with Crippen LogP contribution >= 0.6 is 0 Å². The fourth-order valence-electron chi connectivity index (χ4n) is 2.89. The molecule has 20 heavy (non-hydrogen) atoms. The Morgan fingerprint density at radius 2 is 1.75 bits per heavy atom. The zero-order valence-electron chi connectivity index (χ0n) is 11.9. The molecule has 0 aliphatic carbocycles. The topological polar surface area (TPSA) is 23.5 Å². The van der Waals surface area contributed by atoms with Crippen LogP contribution in [0.4, 0.5) is 11.4 Å². The smallest absolute Gasteiger partial charge is 0.0761 e. The van der Waals surface area contributed by atoms with Gasteiger partial charge in [0, 0.05) is 17.9 Å². The maximum Gasteiger partial charge on any atom is 0.0761 e. The lowest BCUT2D eigenvalue weighted by Crippen LogP contribution is -2.17. The van der Waals surface area contributed by atoms with Crippen molar-refractivity contribution in [3.63, 3.8) is 0 Å². The molecule has 1 aliphatic heterocycles. The van der Waals surface area contributed by atoms with E-state index in [1.54, 1.807) is 6.92 Å². The second kappa shape index (κ2) is 5.68. The number of benzene rings is 2. The summed E-state index contributed by atoms with van der Waals surface area (Å²) in [5, 5.41) is 9.61. The van der Waals surface area contributed by atoms with Crippen LogP contribution in [0.2, 0.25) is 0 Å². The minimum Gasteiger partial charge on any atom is -0.389 e. The number of para-hydroxylation sites is 1. The van der Waals surface area contributed by atoms with Gasteiger partial charge in [0.05, 0.1) is 6.10 Å². The van der Waals surface area contributed by atoms with E-state index in [1.807, 2.05) is 12.1 Å². The third-order valence-corrected chi connectivity index (χ3v) is 4.05. The number of nitrogens with zero attached hydrogens (tertiary/aromatic N) is 1. The zero-order valence-corrected chi connectivity index (χ0v) is 11.9. The second-order valence-corrected chi connectivity index (χ2v) is 5.50. The third-order valence-electron chi connectivity index (χ3n) is 4.05. The molecule has 0 radical (unpaired) electrons. The quantitative estimate of drug-likeness (QED) is 0.881. The summed E-state index contributed by atoms with van der Waals surface area (Å²) in [6.07, 6.45) is 3.23. The Bertz CT molecular complexity index is 574. The van der Waals surface area contributed by atoms with E-state index in [1.165, 1.54) is 36.2 Å². The van der Waals surface area contributed by atoms with Crippen LogP contribution in [0.1, 0.15) is 37.0 Å². The Kier molecular flexibility index (Phi) is 3.75. The number of rotatable bonds is 2. The average Bonchev–Trinajstić information content (AvgIpc) is 2.69. The van der Waals surface area contributed by atoms with E-state index < -0.39 is 6.10 Å². The second-order valence-electron chi connectivity index (χ2n) is 5.50. The Balaban J connectivity index is 1.97. The van der Waals surface area contributed by atoms with Crippen molar-refractivity contribution in [2.45, 2.75) is 32.3 Å². The summed E-state index contributed by atoms with van der Waals surface area (Å²) in [5.74, 6) is 0. The first-order valence-electron chi connectivity index (χ1n) is 7.39. The van der Waals surface area contributed by atoms with Crippen molar-refractivity contribution < 1.29 is 5.11 Å². The van der Waals surface area contributed by atoms with Gasteiger partial charge in [0.15, 0.2) is 0 Å². The standard InChI is InChI=1S/C18H21NO/c1-14(20)15-9-11-17(12-10-15)19-13-5-4-7-16-6-2-3-8-18(16)19/h2-3,6,8-12,14,20H,4-5,7,13H2,1H3/t14-/m1/s1. The molecule has 0 saturated heterocycles. The molecule has 0 spiro atoms. The normalized spacial score (nSPS) is 16.4. The van der Waals surface area contributed by atoms with E-state index in [4.69, 9.17) is 0 Å². The molecule has 2 heteroatoms. The lowest BCUT2D eigenvalue weighted by atomic mass is 10.1. The molecule has 1 atom stereocenters. The minimum atomic E-state index is -0.402. The van der Waals surface area contributed by atoms with Gasteiger partial charge in [-0.1, -0.05) is 30.3 Å². The minimum absolute atomic E-state index is 0.402. The highest BCUT2D eigenvalue weighted by atomic mass is 16.3. The van der Waals surface area contributed by atoms with E-state index in [-0.39, 0.29) is 0 Å². The van der Waals surface area contributed by atoms with Crippen LogP contribution in [0.3, 0.4) is 0 Å². The molecule has 2 aromatic carbocycles. The predicted octanol–water partition coefficient (Wildman–Crippen LogP) is 4.21. The van der Waals surface area contributed by atoms with Crippen molar-refractivity contribution in [2.24, 2.45) is 0 Å². The highest BCUT2D eigenvalue weighted by molar-refractivity contribution is 5.67. The highest BCUT2D eigenvalue weighted by Crippen LogP contribution is 2.32. The van der Waals surface area contributed by atoms with E-state index in [9.17, 15) is 5.11 Å². The summed E-state index contributed by atoms with van der Waals surface area (Å²) in [6.45, 7) is 2.86. The van der Waals surface area contributed by atoms with Crippen molar-refractivity contribution in [3.8, 4) is 0 Å². The molecule has 1 N–H and O–H groups in total. The highest BCUT2D eigenvalue weighted by Gasteiger charge is 2.16. The van der Waals surface area contributed by atoms with Gasteiger partial charge in [-0.15, -0.1) is 0 Å². The van der Waals surface area contributed by atoms with Crippen molar-refractivity contribution in [2.75, 3.05) is 11.4 Å². The monoisotopic (exact) mass is 267 g/mol. The SMILES string of the molecule is C[C@@H](O)c1ccc(N2CCCCc3ccccc32)cc1. The molecule has 1 heterocycles. The van der Waals surface area contributed by atoms with Gasteiger partial charge in [-0.2, -0.15) is 0 Å². The average molecular weight is 267 g/mol. The molecule has 2 nitrogen and oxygen atoms in total. The molecular weight excluding hydrogens is 246 g/mol. The van der Waals surface area contributed by atoms with Gasteiger partial charge in [-0.25, -0.2) is 0 Å². The largest absolute Gasteiger partial charge is 0.389 e. The Hall–Kier alpha value is -1.80. The van der Waals surface area contributed by atoms with Crippen molar-refractivity contribution in [1.82, 2.24) is 0 Å². The molecule has 0 unspecified atom stereocenters. The van der Waals surface area contributed by atoms with Crippen LogP contribution in [0.15, 0.2) is 48.5 Å². The van der Waals surface area contributed by atoms with Gasteiger partial charge in [-0.05, 0) is 55.5 Å². The maximum atomic E-state index is 9.61. The maximum absolute atomic E-state index is 9.61.